The third-order valence-electron chi connectivity index (χ3n) is 4.41. The molecule has 0 bridgehead atoms. The number of benzene rings is 1. The number of methoxy groups -OCH3 is 1. The van der Waals surface area contributed by atoms with Gasteiger partial charge in [0.25, 0.3) is 0 Å². The largest absolute Gasteiger partial charge is 0.466 e. The lowest BCUT2D eigenvalue weighted by molar-refractivity contribution is -0.138. The number of fused-ring (bicyclic) bond motifs is 2. The van der Waals surface area contributed by atoms with Gasteiger partial charge >= 0.3 is 5.97 Å². The quantitative estimate of drug-likeness (QED) is 0.774. The van der Waals surface area contributed by atoms with Gasteiger partial charge in [-0.25, -0.2) is 4.79 Å². The topological polar surface area (TPSA) is 106 Å². The highest BCUT2D eigenvalue weighted by atomic mass is 16.5. The number of nitriles is 1. The average molecular weight is 325 g/mol. The average Bonchev–Trinajstić information content (AvgIpc) is 2.78. The Balaban J connectivity index is 2.48. The van der Waals surface area contributed by atoms with Gasteiger partial charge in [-0.05, 0) is 13.0 Å². The van der Waals surface area contributed by atoms with Gasteiger partial charge in [0.15, 0.2) is 5.41 Å². The number of likely N-dealkylation sites (N-methyl/N-ethyl adjacent to an activating group) is 1. The number of carbonyl (C=O) groups is 2. The number of ether oxygens (including phenoxy) is 2. The van der Waals surface area contributed by atoms with Crippen molar-refractivity contribution in [2.75, 3.05) is 19.1 Å². The van der Waals surface area contributed by atoms with Crippen LogP contribution in [0.2, 0.25) is 0 Å². The molecule has 1 spiro atoms. The first-order chi connectivity index (χ1) is 11.4. The minimum atomic E-state index is -1.65. The fraction of sp³-hybridized carbons (Fsp3) is 0.235. The molecule has 3 rings (SSSR count). The van der Waals surface area contributed by atoms with Crippen LogP contribution in [0.25, 0.3) is 0 Å². The van der Waals surface area contributed by atoms with E-state index in [1.807, 2.05) is 6.07 Å². The maximum Gasteiger partial charge on any atom is 0.339 e. The summed E-state index contributed by atoms with van der Waals surface area (Å²) in [6.07, 6.45) is 0. The number of para-hydroxylation sites is 1. The lowest BCUT2D eigenvalue weighted by atomic mass is 9.68. The number of hydrogen-bond acceptors (Lipinski definition) is 6. The van der Waals surface area contributed by atoms with Gasteiger partial charge in [0.05, 0.1) is 7.11 Å². The van der Waals surface area contributed by atoms with Crippen molar-refractivity contribution in [1.82, 2.24) is 0 Å². The number of anilines is 1. The molecule has 0 aromatic heterocycles. The fourth-order valence-corrected chi connectivity index (χ4v) is 3.42. The van der Waals surface area contributed by atoms with E-state index >= 15 is 0 Å². The number of amides is 1. The molecule has 1 aromatic rings. The fourth-order valence-electron chi connectivity index (χ4n) is 3.42. The first-order valence-corrected chi connectivity index (χ1v) is 7.16. The van der Waals surface area contributed by atoms with Crippen LogP contribution in [0, 0.1) is 11.3 Å². The van der Waals surface area contributed by atoms with Crippen LogP contribution in [0.3, 0.4) is 0 Å². The molecule has 0 aliphatic carbocycles. The zero-order valence-corrected chi connectivity index (χ0v) is 13.4. The number of rotatable bonds is 1. The van der Waals surface area contributed by atoms with Crippen LogP contribution in [-0.2, 0) is 24.5 Å². The third-order valence-corrected chi connectivity index (χ3v) is 4.41. The molecule has 0 unspecified atom stereocenters. The van der Waals surface area contributed by atoms with E-state index < -0.39 is 17.3 Å². The highest BCUT2D eigenvalue weighted by molar-refractivity contribution is 6.18. The van der Waals surface area contributed by atoms with Gasteiger partial charge in [-0.15, -0.1) is 0 Å². The second-order valence-electron chi connectivity index (χ2n) is 5.51. The molecule has 0 fully saturated rings. The maximum absolute atomic E-state index is 13.2. The molecule has 122 valence electrons. The third kappa shape index (κ3) is 1.65. The Bertz CT molecular complexity index is 878. The number of allylic oxidation sites excluding steroid dienone is 1. The number of nitrogens with two attached hydrogens (primary N) is 1. The van der Waals surface area contributed by atoms with Crippen LogP contribution in [0.1, 0.15) is 12.5 Å². The van der Waals surface area contributed by atoms with Crippen LogP contribution in [-0.4, -0.2) is 26.0 Å². The lowest BCUT2D eigenvalue weighted by Crippen LogP contribution is -2.47. The summed E-state index contributed by atoms with van der Waals surface area (Å²) >= 11 is 0. The van der Waals surface area contributed by atoms with Crippen LogP contribution in [0.15, 0.2) is 47.1 Å². The summed E-state index contributed by atoms with van der Waals surface area (Å²) in [4.78, 5) is 27.1. The van der Waals surface area contributed by atoms with Gasteiger partial charge in [-0.1, -0.05) is 18.2 Å². The Labute approximate surface area is 138 Å². The molecule has 24 heavy (non-hydrogen) atoms. The zero-order valence-electron chi connectivity index (χ0n) is 13.4. The second kappa shape index (κ2) is 5.13. The van der Waals surface area contributed by atoms with Crippen molar-refractivity contribution in [3.05, 3.63) is 52.6 Å². The first-order valence-electron chi connectivity index (χ1n) is 7.16. The lowest BCUT2D eigenvalue weighted by Gasteiger charge is -2.34. The molecule has 7 heteroatoms. The first kappa shape index (κ1) is 15.6. The van der Waals surface area contributed by atoms with Crippen LogP contribution < -0.4 is 10.6 Å². The van der Waals surface area contributed by atoms with E-state index in [1.54, 1.807) is 31.3 Å². The standard InChI is InChI=1S/C17H15N3O4/c1-9-13(15(21)23-3)17(11(8-18)14(19)24-9)10-6-4-5-7-12(10)20(2)16(17)22/h4-7H,19H2,1-3H3/t17-/m1/s1. The summed E-state index contributed by atoms with van der Waals surface area (Å²) in [7, 11) is 2.79. The predicted octanol–water partition coefficient (Wildman–Crippen LogP) is 1.07. The number of carbonyl (C=O) groups excluding carboxylic acids is 2. The Hall–Kier alpha value is -3.27. The minimum absolute atomic E-state index is 0.0300. The van der Waals surface area contributed by atoms with Gasteiger partial charge in [0.1, 0.15) is 23.0 Å². The molecule has 1 aromatic carbocycles. The van der Waals surface area contributed by atoms with E-state index in [9.17, 15) is 14.9 Å². The second-order valence-corrected chi connectivity index (χ2v) is 5.51. The van der Waals surface area contributed by atoms with Gasteiger partial charge in [-0.3, -0.25) is 4.79 Å². The van der Waals surface area contributed by atoms with Crippen molar-refractivity contribution in [3.63, 3.8) is 0 Å². The molecule has 7 nitrogen and oxygen atoms in total. The summed E-state index contributed by atoms with van der Waals surface area (Å²) in [6.45, 7) is 1.52. The molecule has 0 saturated heterocycles. The normalized spacial score (nSPS) is 22.4. The molecule has 0 radical (unpaired) electrons. The molecule has 2 heterocycles. The van der Waals surface area contributed by atoms with Crippen molar-refractivity contribution in [2.45, 2.75) is 12.3 Å². The maximum atomic E-state index is 13.2. The van der Waals surface area contributed by atoms with Gasteiger partial charge in [0, 0.05) is 18.3 Å². The van der Waals surface area contributed by atoms with E-state index in [1.165, 1.54) is 18.9 Å². The van der Waals surface area contributed by atoms with Gasteiger partial charge in [0.2, 0.25) is 11.8 Å². The van der Waals surface area contributed by atoms with Crippen molar-refractivity contribution in [3.8, 4) is 6.07 Å². The SMILES string of the molecule is COC(=O)C1=C(C)OC(N)=C(C#N)[C@@]12C(=O)N(C)c1ccccc12. The zero-order chi connectivity index (χ0) is 17.6. The van der Waals surface area contributed by atoms with E-state index in [0.29, 0.717) is 11.3 Å². The summed E-state index contributed by atoms with van der Waals surface area (Å²) in [6, 6.07) is 8.89. The van der Waals surface area contributed by atoms with E-state index in [-0.39, 0.29) is 22.8 Å². The molecule has 2 N–H and O–H groups in total. The highest BCUT2D eigenvalue weighted by Crippen LogP contribution is 2.53. The van der Waals surface area contributed by atoms with Gasteiger partial charge < -0.3 is 20.1 Å². The molecule has 2 aliphatic rings. The minimum Gasteiger partial charge on any atom is -0.466 e. The van der Waals surface area contributed by atoms with E-state index in [4.69, 9.17) is 15.2 Å². The summed E-state index contributed by atoms with van der Waals surface area (Å²) < 4.78 is 10.2. The van der Waals surface area contributed by atoms with E-state index in [0.717, 1.165) is 0 Å². The molecular formula is C17H15N3O4. The summed E-state index contributed by atoms with van der Waals surface area (Å²) in [5.74, 6) is -1.25. The number of hydrogen-bond donors (Lipinski definition) is 1. The Morgan fingerprint density at radius 2 is 2.08 bits per heavy atom. The van der Waals surface area contributed by atoms with Crippen LogP contribution in [0.5, 0.6) is 0 Å². The van der Waals surface area contributed by atoms with Crippen molar-refractivity contribution in [1.29, 1.82) is 5.26 Å². The van der Waals surface area contributed by atoms with Crippen LogP contribution in [0.4, 0.5) is 5.69 Å². The van der Waals surface area contributed by atoms with Crippen molar-refractivity contribution in [2.24, 2.45) is 5.73 Å². The van der Waals surface area contributed by atoms with E-state index in [2.05, 4.69) is 0 Å². The number of esters is 1. The molecule has 1 amide bonds. The number of nitrogens with zero attached hydrogens (tertiary/aromatic N) is 2. The van der Waals surface area contributed by atoms with Crippen molar-refractivity contribution < 1.29 is 19.1 Å². The Morgan fingerprint density at radius 1 is 1.42 bits per heavy atom. The molecule has 2 aliphatic heterocycles. The Morgan fingerprint density at radius 3 is 2.71 bits per heavy atom. The van der Waals surface area contributed by atoms with Crippen LogP contribution >= 0.6 is 0 Å². The summed E-state index contributed by atoms with van der Waals surface area (Å²) in [5, 5.41) is 9.66. The molecule has 0 saturated carbocycles. The Kier molecular flexibility index (Phi) is 3.34. The molecule has 1 atom stereocenters. The predicted molar refractivity (Wildman–Crippen MR) is 84.2 cm³/mol. The smallest absolute Gasteiger partial charge is 0.339 e. The molecular weight excluding hydrogens is 310 g/mol. The summed E-state index contributed by atoms with van der Waals surface area (Å²) in [5.41, 5.74) is 5.18. The van der Waals surface area contributed by atoms with Crippen molar-refractivity contribution >= 4 is 17.6 Å². The van der Waals surface area contributed by atoms with Gasteiger partial charge in [-0.2, -0.15) is 5.26 Å². The highest BCUT2D eigenvalue weighted by Gasteiger charge is 2.61. The monoisotopic (exact) mass is 325 g/mol.